The van der Waals surface area contributed by atoms with Crippen LogP contribution < -0.4 is 20.1 Å². The Balaban J connectivity index is 2.57. The quantitative estimate of drug-likeness (QED) is 0.563. The molecule has 1 aromatic rings. The van der Waals surface area contributed by atoms with Crippen molar-refractivity contribution in [2.75, 3.05) is 27.4 Å². The molecule has 0 fully saturated rings. The lowest BCUT2D eigenvalue weighted by Crippen LogP contribution is -2.06. The molecular weight excluding hydrogens is 210 g/mol. The molecule has 0 bridgehead atoms. The number of benzene rings is 1. The molecule has 1 rings (SSSR count). The molecule has 1 aromatic carbocycles. The van der Waals surface area contributed by atoms with Gasteiger partial charge in [0.2, 0.25) is 0 Å². The van der Waals surface area contributed by atoms with Crippen LogP contribution in [0.4, 0.5) is 0 Å². The van der Waals surface area contributed by atoms with Crippen LogP contribution in [0.5, 0.6) is 17.2 Å². The van der Waals surface area contributed by atoms with E-state index in [0.717, 1.165) is 6.42 Å². The number of hydrogen-bond donors (Lipinski definition) is 1. The number of ether oxygens (including phenoxy) is 3. The van der Waals surface area contributed by atoms with Gasteiger partial charge in [0.25, 0.3) is 0 Å². The highest BCUT2D eigenvalue weighted by Gasteiger charge is 2.02. The van der Waals surface area contributed by atoms with Gasteiger partial charge in [0.05, 0.1) is 27.4 Å². The van der Waals surface area contributed by atoms with Gasteiger partial charge < -0.3 is 19.0 Å². The fourth-order valence-electron chi connectivity index (χ4n) is 1.20. The zero-order chi connectivity index (χ0) is 11.8. The van der Waals surface area contributed by atoms with Crippen LogP contribution in [-0.2, 0) is 4.84 Å². The molecule has 0 saturated heterocycles. The molecular formula is C11H17NO4. The van der Waals surface area contributed by atoms with Crippen molar-refractivity contribution in [1.29, 1.82) is 0 Å². The van der Waals surface area contributed by atoms with Gasteiger partial charge in [-0.3, -0.25) is 0 Å². The van der Waals surface area contributed by atoms with E-state index in [0.29, 0.717) is 30.5 Å². The minimum Gasteiger partial charge on any atom is -0.496 e. The van der Waals surface area contributed by atoms with Crippen LogP contribution in [0.2, 0.25) is 0 Å². The van der Waals surface area contributed by atoms with Gasteiger partial charge in [-0.05, 0) is 0 Å². The van der Waals surface area contributed by atoms with Crippen LogP contribution in [0, 0.1) is 0 Å². The van der Waals surface area contributed by atoms with Gasteiger partial charge in [0.1, 0.15) is 17.2 Å². The van der Waals surface area contributed by atoms with Crippen molar-refractivity contribution in [2.24, 2.45) is 5.90 Å². The monoisotopic (exact) mass is 227 g/mol. The van der Waals surface area contributed by atoms with E-state index in [2.05, 4.69) is 4.84 Å². The van der Waals surface area contributed by atoms with E-state index < -0.39 is 0 Å². The molecule has 0 aromatic heterocycles. The second-order valence-electron chi connectivity index (χ2n) is 3.12. The Morgan fingerprint density at radius 1 is 0.938 bits per heavy atom. The van der Waals surface area contributed by atoms with E-state index in [1.165, 1.54) is 0 Å². The Morgan fingerprint density at radius 2 is 1.50 bits per heavy atom. The van der Waals surface area contributed by atoms with Crippen LogP contribution >= 0.6 is 0 Å². The summed E-state index contributed by atoms with van der Waals surface area (Å²) in [6.45, 7) is 1.01. The highest BCUT2D eigenvalue weighted by atomic mass is 16.6. The zero-order valence-electron chi connectivity index (χ0n) is 9.56. The van der Waals surface area contributed by atoms with Crippen molar-refractivity contribution in [3.63, 3.8) is 0 Å². The summed E-state index contributed by atoms with van der Waals surface area (Å²) in [5, 5.41) is 0. The average molecular weight is 227 g/mol. The largest absolute Gasteiger partial charge is 0.496 e. The molecule has 90 valence electrons. The zero-order valence-corrected chi connectivity index (χ0v) is 9.56. The molecule has 0 heterocycles. The van der Waals surface area contributed by atoms with E-state index in [1.807, 2.05) is 0 Å². The van der Waals surface area contributed by atoms with Gasteiger partial charge in [-0.2, -0.15) is 0 Å². The molecule has 0 spiro atoms. The number of hydrogen-bond acceptors (Lipinski definition) is 5. The molecule has 0 saturated carbocycles. The highest BCUT2D eigenvalue weighted by Crippen LogP contribution is 2.27. The SMILES string of the molecule is COc1cc(OC)cc(OCCCON)c1. The lowest BCUT2D eigenvalue weighted by Gasteiger charge is -2.09. The second-order valence-corrected chi connectivity index (χ2v) is 3.12. The summed E-state index contributed by atoms with van der Waals surface area (Å²) in [5.41, 5.74) is 0. The molecule has 0 unspecified atom stereocenters. The first-order chi connectivity index (χ1) is 7.80. The molecule has 16 heavy (non-hydrogen) atoms. The molecule has 5 heteroatoms. The third kappa shape index (κ3) is 3.96. The third-order valence-electron chi connectivity index (χ3n) is 2.00. The van der Waals surface area contributed by atoms with E-state index in [4.69, 9.17) is 20.1 Å². The molecule has 0 aliphatic rings. The molecule has 2 N–H and O–H groups in total. The van der Waals surface area contributed by atoms with Gasteiger partial charge in [0, 0.05) is 24.6 Å². The fraction of sp³-hybridized carbons (Fsp3) is 0.455. The van der Waals surface area contributed by atoms with Crippen molar-refractivity contribution < 1.29 is 19.0 Å². The molecule has 0 atom stereocenters. The summed E-state index contributed by atoms with van der Waals surface area (Å²) < 4.78 is 15.7. The molecule has 0 aliphatic carbocycles. The summed E-state index contributed by atoms with van der Waals surface area (Å²) in [4.78, 5) is 4.44. The van der Waals surface area contributed by atoms with Crippen LogP contribution in [0.1, 0.15) is 6.42 Å². The average Bonchev–Trinajstić information content (AvgIpc) is 2.34. The normalized spacial score (nSPS) is 9.94. The van der Waals surface area contributed by atoms with Crippen molar-refractivity contribution in [1.82, 2.24) is 0 Å². The maximum Gasteiger partial charge on any atom is 0.126 e. The lowest BCUT2D eigenvalue weighted by molar-refractivity contribution is 0.122. The fourth-order valence-corrected chi connectivity index (χ4v) is 1.20. The Bertz CT molecular complexity index is 295. The van der Waals surface area contributed by atoms with Crippen LogP contribution in [0.25, 0.3) is 0 Å². The first-order valence-electron chi connectivity index (χ1n) is 4.97. The van der Waals surface area contributed by atoms with Gasteiger partial charge >= 0.3 is 0 Å². The highest BCUT2D eigenvalue weighted by molar-refractivity contribution is 5.41. The van der Waals surface area contributed by atoms with E-state index in [9.17, 15) is 0 Å². The third-order valence-corrected chi connectivity index (χ3v) is 2.00. The summed E-state index contributed by atoms with van der Waals surface area (Å²) in [6, 6.07) is 5.38. The lowest BCUT2D eigenvalue weighted by atomic mass is 10.3. The minimum absolute atomic E-state index is 0.473. The number of methoxy groups -OCH3 is 2. The van der Waals surface area contributed by atoms with E-state index in [1.54, 1.807) is 32.4 Å². The van der Waals surface area contributed by atoms with Crippen molar-refractivity contribution in [3.8, 4) is 17.2 Å². The van der Waals surface area contributed by atoms with Gasteiger partial charge in [-0.25, -0.2) is 5.90 Å². The number of rotatable bonds is 7. The Kier molecular flexibility index (Phi) is 5.45. The van der Waals surface area contributed by atoms with Gasteiger partial charge in [-0.15, -0.1) is 0 Å². The summed E-state index contributed by atoms with van der Waals surface area (Å²) >= 11 is 0. The first-order valence-corrected chi connectivity index (χ1v) is 4.97. The predicted octanol–water partition coefficient (Wildman–Crippen LogP) is 1.36. The van der Waals surface area contributed by atoms with E-state index in [-0.39, 0.29) is 0 Å². The molecule has 0 radical (unpaired) electrons. The summed E-state index contributed by atoms with van der Waals surface area (Å²) in [7, 11) is 3.20. The summed E-state index contributed by atoms with van der Waals surface area (Å²) in [6.07, 6.45) is 0.732. The maximum absolute atomic E-state index is 5.50. The smallest absolute Gasteiger partial charge is 0.126 e. The maximum atomic E-state index is 5.50. The van der Waals surface area contributed by atoms with Crippen molar-refractivity contribution in [3.05, 3.63) is 18.2 Å². The Hall–Kier alpha value is -1.46. The predicted molar refractivity (Wildman–Crippen MR) is 59.8 cm³/mol. The van der Waals surface area contributed by atoms with Crippen LogP contribution in [0.15, 0.2) is 18.2 Å². The van der Waals surface area contributed by atoms with Crippen LogP contribution in [0.3, 0.4) is 0 Å². The molecule has 0 aliphatic heterocycles. The standard InChI is InChI=1S/C11H17NO4/c1-13-9-6-10(14-2)8-11(7-9)15-4-3-5-16-12/h6-8H,3-5,12H2,1-2H3. The number of nitrogens with two attached hydrogens (primary N) is 1. The Labute approximate surface area is 95.0 Å². The van der Waals surface area contributed by atoms with Crippen molar-refractivity contribution in [2.45, 2.75) is 6.42 Å². The first kappa shape index (κ1) is 12.6. The second kappa shape index (κ2) is 6.92. The van der Waals surface area contributed by atoms with Gasteiger partial charge in [-0.1, -0.05) is 0 Å². The summed E-state index contributed by atoms with van der Waals surface area (Å²) in [5.74, 6) is 7.00. The molecule has 5 nitrogen and oxygen atoms in total. The Morgan fingerprint density at radius 3 is 2.00 bits per heavy atom. The van der Waals surface area contributed by atoms with E-state index >= 15 is 0 Å². The van der Waals surface area contributed by atoms with Gasteiger partial charge in [0.15, 0.2) is 0 Å². The van der Waals surface area contributed by atoms with Crippen molar-refractivity contribution >= 4 is 0 Å². The topological polar surface area (TPSA) is 62.9 Å². The van der Waals surface area contributed by atoms with Crippen LogP contribution in [-0.4, -0.2) is 27.4 Å². The molecule has 0 amide bonds. The minimum atomic E-state index is 0.473.